The van der Waals surface area contributed by atoms with Crippen molar-refractivity contribution >= 4 is 46.8 Å². The number of carbonyl (C=O) groups is 3. The number of aliphatic imine (C=N–C) groups is 1. The average molecular weight is 514 g/mol. The fourth-order valence-corrected chi connectivity index (χ4v) is 4.99. The van der Waals surface area contributed by atoms with Crippen molar-refractivity contribution < 1.29 is 19.5 Å². The molecule has 0 spiro atoms. The molecule has 0 bridgehead atoms. The Morgan fingerprint density at radius 3 is 2.42 bits per heavy atom. The molecule has 10 heteroatoms. The van der Waals surface area contributed by atoms with Gasteiger partial charge < -0.3 is 20.6 Å². The van der Waals surface area contributed by atoms with Gasteiger partial charge in [-0.05, 0) is 60.5 Å². The second kappa shape index (κ2) is 14.4. The SMILES string of the molecule is NC=NCCCC(NSc1ccc2ccccc2c1)C(=O)N1CCN(C(=O)CCCCC(=O)O)CC1. The Morgan fingerprint density at radius 1 is 1.00 bits per heavy atom. The molecule has 2 aromatic carbocycles. The Morgan fingerprint density at radius 2 is 1.69 bits per heavy atom. The maximum Gasteiger partial charge on any atom is 0.303 e. The molecule has 1 unspecified atom stereocenters. The molecule has 0 radical (unpaired) electrons. The van der Waals surface area contributed by atoms with Crippen molar-refractivity contribution in [2.45, 2.75) is 49.5 Å². The summed E-state index contributed by atoms with van der Waals surface area (Å²) in [5.41, 5.74) is 5.35. The summed E-state index contributed by atoms with van der Waals surface area (Å²) in [4.78, 5) is 45.1. The molecule has 36 heavy (non-hydrogen) atoms. The molecule has 1 aliphatic heterocycles. The Labute approximate surface area is 216 Å². The van der Waals surface area contributed by atoms with Crippen LogP contribution in [0, 0.1) is 0 Å². The minimum absolute atomic E-state index is 0.0218. The number of nitrogens with one attached hydrogen (secondary N) is 1. The van der Waals surface area contributed by atoms with Crippen molar-refractivity contribution in [2.75, 3.05) is 32.7 Å². The Kier molecular flexibility index (Phi) is 11.0. The standard InChI is InChI=1S/C26H35N5O4S/c27-19-28-13-5-8-23(29-36-22-12-11-20-6-1-2-7-21(20)18-22)26(35)31-16-14-30(15-17-31)24(32)9-3-4-10-25(33)34/h1-2,6-7,11-12,18-19,23,29H,3-5,8-10,13-17H2,(H2,27,28)(H,33,34). The van der Waals surface area contributed by atoms with Gasteiger partial charge in [0.1, 0.15) is 0 Å². The minimum atomic E-state index is -0.841. The highest BCUT2D eigenvalue weighted by atomic mass is 32.2. The number of piperazine rings is 1. The lowest BCUT2D eigenvalue weighted by Crippen LogP contribution is -2.54. The van der Waals surface area contributed by atoms with E-state index in [-0.39, 0.29) is 24.3 Å². The van der Waals surface area contributed by atoms with Gasteiger partial charge in [-0.1, -0.05) is 30.3 Å². The molecule has 0 saturated carbocycles. The third kappa shape index (κ3) is 8.53. The smallest absolute Gasteiger partial charge is 0.303 e. The predicted octanol–water partition coefficient (Wildman–Crippen LogP) is 2.89. The molecule has 0 aromatic heterocycles. The number of aliphatic carboxylic acids is 1. The first-order valence-electron chi connectivity index (χ1n) is 12.4. The van der Waals surface area contributed by atoms with Gasteiger partial charge in [-0.3, -0.25) is 19.4 Å². The van der Waals surface area contributed by atoms with Crippen molar-refractivity contribution in [2.24, 2.45) is 10.7 Å². The number of carboxylic acids is 1. The number of amides is 2. The van der Waals surface area contributed by atoms with E-state index in [1.54, 1.807) is 4.90 Å². The summed E-state index contributed by atoms with van der Waals surface area (Å²) >= 11 is 1.45. The van der Waals surface area contributed by atoms with E-state index >= 15 is 0 Å². The summed E-state index contributed by atoms with van der Waals surface area (Å²) in [7, 11) is 0. The normalized spacial score (nSPS) is 14.9. The topological polar surface area (TPSA) is 128 Å². The van der Waals surface area contributed by atoms with Gasteiger partial charge in [0.05, 0.1) is 12.4 Å². The highest BCUT2D eigenvalue weighted by Gasteiger charge is 2.28. The minimum Gasteiger partial charge on any atom is -0.481 e. The van der Waals surface area contributed by atoms with Crippen LogP contribution in [0.15, 0.2) is 52.4 Å². The summed E-state index contributed by atoms with van der Waals surface area (Å²) in [6, 6.07) is 14.0. The van der Waals surface area contributed by atoms with Gasteiger partial charge in [-0.25, -0.2) is 4.72 Å². The highest BCUT2D eigenvalue weighted by Crippen LogP contribution is 2.23. The van der Waals surface area contributed by atoms with Gasteiger partial charge >= 0.3 is 5.97 Å². The molecule has 4 N–H and O–H groups in total. The van der Waals surface area contributed by atoms with Crippen LogP contribution < -0.4 is 10.5 Å². The molecule has 194 valence electrons. The lowest BCUT2D eigenvalue weighted by Gasteiger charge is -2.36. The van der Waals surface area contributed by atoms with Crippen LogP contribution in [0.2, 0.25) is 0 Å². The van der Waals surface area contributed by atoms with Crippen molar-refractivity contribution in [1.82, 2.24) is 14.5 Å². The summed E-state index contributed by atoms with van der Waals surface area (Å²) < 4.78 is 3.37. The second-order valence-electron chi connectivity index (χ2n) is 8.79. The van der Waals surface area contributed by atoms with E-state index < -0.39 is 5.97 Å². The van der Waals surface area contributed by atoms with Gasteiger partial charge in [-0.2, -0.15) is 0 Å². The van der Waals surface area contributed by atoms with Gasteiger partial charge in [0.25, 0.3) is 0 Å². The largest absolute Gasteiger partial charge is 0.481 e. The molecule has 1 saturated heterocycles. The van der Waals surface area contributed by atoms with Crippen LogP contribution in [0.5, 0.6) is 0 Å². The number of fused-ring (bicyclic) bond motifs is 1. The summed E-state index contributed by atoms with van der Waals surface area (Å²) in [5.74, 6) is -0.798. The molecule has 1 fully saturated rings. The lowest BCUT2D eigenvalue weighted by atomic mass is 10.1. The quantitative estimate of drug-likeness (QED) is 0.163. The summed E-state index contributed by atoms with van der Waals surface area (Å²) in [6.45, 7) is 2.52. The zero-order valence-corrected chi connectivity index (χ0v) is 21.3. The zero-order chi connectivity index (χ0) is 25.8. The number of carboxylic acid groups (broad SMARTS) is 1. The van der Waals surface area contributed by atoms with Gasteiger partial charge in [0, 0.05) is 50.5 Å². The van der Waals surface area contributed by atoms with Gasteiger partial charge in [-0.15, -0.1) is 0 Å². The molecule has 2 amide bonds. The van der Waals surface area contributed by atoms with E-state index in [4.69, 9.17) is 10.8 Å². The van der Waals surface area contributed by atoms with Gasteiger partial charge in [0.2, 0.25) is 11.8 Å². The van der Waals surface area contributed by atoms with Crippen LogP contribution in [0.4, 0.5) is 0 Å². The maximum absolute atomic E-state index is 13.4. The summed E-state index contributed by atoms with van der Waals surface area (Å²) in [5, 5.41) is 11.0. The first kappa shape index (κ1) is 27.5. The first-order chi connectivity index (χ1) is 17.5. The van der Waals surface area contributed by atoms with E-state index in [1.165, 1.54) is 23.7 Å². The summed E-state index contributed by atoms with van der Waals surface area (Å²) in [6.07, 6.45) is 4.12. The average Bonchev–Trinajstić information content (AvgIpc) is 2.90. The van der Waals surface area contributed by atoms with E-state index in [0.717, 1.165) is 16.7 Å². The molecule has 9 nitrogen and oxygen atoms in total. The van der Waals surface area contributed by atoms with Crippen LogP contribution in [-0.2, 0) is 14.4 Å². The third-order valence-corrected chi connectivity index (χ3v) is 7.09. The molecule has 1 aliphatic rings. The number of benzene rings is 2. The number of hydrogen-bond acceptors (Lipinski definition) is 6. The van der Waals surface area contributed by atoms with E-state index in [9.17, 15) is 14.4 Å². The molecular formula is C26H35N5O4S. The Balaban J connectivity index is 1.53. The number of hydrogen-bond donors (Lipinski definition) is 3. The molecule has 1 atom stereocenters. The molecular weight excluding hydrogens is 478 g/mol. The lowest BCUT2D eigenvalue weighted by molar-refractivity contribution is -0.140. The predicted molar refractivity (Wildman–Crippen MR) is 143 cm³/mol. The number of nitrogens with zero attached hydrogens (tertiary/aromatic N) is 3. The molecule has 3 rings (SSSR count). The Bertz CT molecular complexity index is 1060. The number of nitrogens with two attached hydrogens (primary N) is 1. The van der Waals surface area contributed by atoms with Crippen molar-refractivity contribution in [3.8, 4) is 0 Å². The van der Waals surface area contributed by atoms with Crippen molar-refractivity contribution in [1.29, 1.82) is 0 Å². The van der Waals surface area contributed by atoms with Crippen LogP contribution in [0.1, 0.15) is 38.5 Å². The van der Waals surface area contributed by atoms with Crippen LogP contribution in [0.25, 0.3) is 10.8 Å². The van der Waals surface area contributed by atoms with Gasteiger partial charge in [0.15, 0.2) is 0 Å². The van der Waals surface area contributed by atoms with E-state index in [0.29, 0.717) is 58.4 Å². The fraction of sp³-hybridized carbons (Fsp3) is 0.462. The molecule has 1 heterocycles. The molecule has 2 aromatic rings. The fourth-order valence-electron chi connectivity index (χ4n) is 4.17. The maximum atomic E-state index is 13.4. The first-order valence-corrected chi connectivity index (χ1v) is 13.2. The highest BCUT2D eigenvalue weighted by molar-refractivity contribution is 7.97. The van der Waals surface area contributed by atoms with Crippen molar-refractivity contribution in [3.63, 3.8) is 0 Å². The van der Waals surface area contributed by atoms with Crippen LogP contribution in [0.3, 0.4) is 0 Å². The number of unbranched alkanes of at least 4 members (excludes halogenated alkanes) is 1. The number of carbonyl (C=O) groups excluding carboxylic acids is 2. The van der Waals surface area contributed by atoms with Crippen molar-refractivity contribution in [3.05, 3.63) is 42.5 Å². The van der Waals surface area contributed by atoms with Crippen LogP contribution in [-0.4, -0.2) is 77.8 Å². The monoisotopic (exact) mass is 513 g/mol. The molecule has 0 aliphatic carbocycles. The van der Waals surface area contributed by atoms with E-state index in [2.05, 4.69) is 34.0 Å². The second-order valence-corrected chi connectivity index (χ2v) is 9.70. The third-order valence-electron chi connectivity index (χ3n) is 6.20. The van der Waals surface area contributed by atoms with E-state index in [1.807, 2.05) is 23.1 Å². The zero-order valence-electron chi connectivity index (χ0n) is 20.5. The number of rotatable bonds is 13. The van der Waals surface area contributed by atoms with Crippen LogP contribution >= 0.6 is 11.9 Å². The Hall–Kier alpha value is -3.11.